The van der Waals surface area contributed by atoms with E-state index >= 15 is 0 Å². The molecule has 0 saturated heterocycles. The second-order valence-corrected chi connectivity index (χ2v) is 8.14. The maximum absolute atomic E-state index is 5.67. The van der Waals surface area contributed by atoms with Crippen molar-refractivity contribution in [1.29, 1.82) is 0 Å². The summed E-state index contributed by atoms with van der Waals surface area (Å²) in [4.78, 5) is 1.40. The quantitative estimate of drug-likeness (QED) is 0.603. The Morgan fingerprint density at radius 2 is 2.22 bits per heavy atom. The Morgan fingerprint density at radius 3 is 2.83 bits per heavy atom. The summed E-state index contributed by atoms with van der Waals surface area (Å²) >= 11 is 7.41. The second-order valence-electron chi connectivity index (χ2n) is 4.89. The van der Waals surface area contributed by atoms with E-state index in [-0.39, 0.29) is 0 Å². The monoisotopic (exact) mass is 348 g/mol. The van der Waals surface area contributed by atoms with Crippen molar-refractivity contribution in [3.63, 3.8) is 0 Å². The van der Waals surface area contributed by atoms with Crippen molar-refractivity contribution in [3.8, 4) is 0 Å². The van der Waals surface area contributed by atoms with E-state index in [9.17, 15) is 0 Å². The van der Waals surface area contributed by atoms with Gasteiger partial charge in [0.05, 0.1) is 0 Å². The maximum atomic E-state index is 5.67. The molecular formula is C13H21BrN2S2. The Kier molecular flexibility index (Phi) is 6.52. The van der Waals surface area contributed by atoms with Crippen LogP contribution in [0.3, 0.4) is 0 Å². The average Bonchev–Trinajstić information content (AvgIpc) is 2.81. The predicted molar refractivity (Wildman–Crippen MR) is 86.2 cm³/mol. The molecule has 0 radical (unpaired) electrons. The van der Waals surface area contributed by atoms with Crippen LogP contribution in [0.2, 0.25) is 0 Å². The van der Waals surface area contributed by atoms with Crippen LogP contribution >= 0.6 is 39.0 Å². The van der Waals surface area contributed by atoms with Crippen LogP contribution in [0.15, 0.2) is 15.9 Å². The lowest BCUT2D eigenvalue weighted by Gasteiger charge is -2.23. The molecule has 1 heterocycles. The third-order valence-corrected chi connectivity index (χ3v) is 6.65. The lowest BCUT2D eigenvalue weighted by atomic mass is 10.0. The van der Waals surface area contributed by atoms with Crippen LogP contribution in [0.25, 0.3) is 0 Å². The molecule has 2 rings (SSSR count). The maximum Gasteiger partial charge on any atom is 0.0349 e. The van der Waals surface area contributed by atoms with Gasteiger partial charge in [-0.3, -0.25) is 11.3 Å². The molecule has 102 valence electrons. The summed E-state index contributed by atoms with van der Waals surface area (Å²) in [5.74, 6) is 6.79. The first-order chi connectivity index (χ1) is 8.78. The van der Waals surface area contributed by atoms with Crippen LogP contribution in [0.4, 0.5) is 0 Å². The molecule has 1 saturated carbocycles. The number of nitrogens with two attached hydrogens (primary N) is 1. The van der Waals surface area contributed by atoms with E-state index in [0.717, 1.165) is 17.4 Å². The largest absolute Gasteiger partial charge is 0.271 e. The molecule has 5 heteroatoms. The first-order valence-corrected chi connectivity index (χ1v) is 9.30. The van der Waals surface area contributed by atoms with Crippen molar-refractivity contribution in [2.24, 2.45) is 5.84 Å². The first-order valence-electron chi connectivity index (χ1n) is 6.58. The minimum Gasteiger partial charge on any atom is -0.271 e. The van der Waals surface area contributed by atoms with Gasteiger partial charge in [0.2, 0.25) is 0 Å². The number of halogens is 1. The summed E-state index contributed by atoms with van der Waals surface area (Å²) in [6.07, 6.45) is 8.08. The van der Waals surface area contributed by atoms with E-state index in [0.29, 0.717) is 6.04 Å². The lowest BCUT2D eigenvalue weighted by Crippen LogP contribution is -2.39. The number of hydrogen-bond acceptors (Lipinski definition) is 4. The Morgan fingerprint density at radius 1 is 1.44 bits per heavy atom. The minimum absolute atomic E-state index is 0.391. The molecule has 1 fully saturated rings. The Balaban J connectivity index is 1.74. The highest BCUT2D eigenvalue weighted by Gasteiger charge is 2.16. The molecule has 1 aliphatic carbocycles. The van der Waals surface area contributed by atoms with Gasteiger partial charge in [-0.1, -0.05) is 19.3 Å². The number of hydrazine groups is 1. The minimum atomic E-state index is 0.391. The molecule has 0 aliphatic heterocycles. The highest BCUT2D eigenvalue weighted by atomic mass is 79.9. The molecule has 18 heavy (non-hydrogen) atoms. The molecular weight excluding hydrogens is 328 g/mol. The highest BCUT2D eigenvalue weighted by molar-refractivity contribution is 9.10. The topological polar surface area (TPSA) is 38.0 Å². The smallest absolute Gasteiger partial charge is 0.0349 e. The second kappa shape index (κ2) is 7.90. The van der Waals surface area contributed by atoms with Crippen molar-refractivity contribution >= 4 is 39.0 Å². The van der Waals surface area contributed by atoms with Gasteiger partial charge in [-0.2, -0.15) is 11.8 Å². The number of rotatable bonds is 6. The van der Waals surface area contributed by atoms with E-state index in [2.05, 4.69) is 44.6 Å². The van der Waals surface area contributed by atoms with Crippen molar-refractivity contribution in [2.75, 3.05) is 5.75 Å². The average molecular weight is 349 g/mol. The van der Waals surface area contributed by atoms with Gasteiger partial charge in [0.1, 0.15) is 0 Å². The van der Waals surface area contributed by atoms with Crippen LogP contribution in [-0.4, -0.2) is 17.0 Å². The SMILES string of the molecule is NNC(CSC1CCCCC1)Cc1cc(Br)cs1. The van der Waals surface area contributed by atoms with E-state index in [1.165, 1.54) is 41.5 Å². The summed E-state index contributed by atoms with van der Waals surface area (Å²) in [7, 11) is 0. The zero-order valence-corrected chi connectivity index (χ0v) is 13.7. The molecule has 1 aliphatic rings. The third-order valence-electron chi connectivity index (χ3n) is 3.39. The van der Waals surface area contributed by atoms with E-state index in [1.807, 2.05) is 0 Å². The molecule has 2 nitrogen and oxygen atoms in total. The molecule has 1 aromatic heterocycles. The zero-order chi connectivity index (χ0) is 12.8. The van der Waals surface area contributed by atoms with Gasteiger partial charge in [0.25, 0.3) is 0 Å². The molecule has 1 unspecified atom stereocenters. The summed E-state index contributed by atoms with van der Waals surface area (Å²) in [5, 5.41) is 3.00. The van der Waals surface area contributed by atoms with Crippen molar-refractivity contribution in [2.45, 2.75) is 49.8 Å². The molecule has 0 bridgehead atoms. The van der Waals surface area contributed by atoms with Crippen molar-refractivity contribution in [1.82, 2.24) is 5.43 Å². The fraction of sp³-hybridized carbons (Fsp3) is 0.692. The van der Waals surface area contributed by atoms with Gasteiger partial charge in [0, 0.05) is 31.8 Å². The van der Waals surface area contributed by atoms with Gasteiger partial charge in [-0.15, -0.1) is 11.3 Å². The molecule has 0 aromatic carbocycles. The highest BCUT2D eigenvalue weighted by Crippen LogP contribution is 2.29. The van der Waals surface area contributed by atoms with Crippen LogP contribution in [0, 0.1) is 0 Å². The third kappa shape index (κ3) is 4.85. The molecule has 0 amide bonds. The number of hydrogen-bond donors (Lipinski definition) is 2. The standard InChI is InChI=1S/C13H21BrN2S2/c14-10-6-13(17-8-10)7-11(16-15)9-18-12-4-2-1-3-5-12/h6,8,11-12,16H,1-5,7,9,15H2. The molecule has 1 aromatic rings. The van der Waals surface area contributed by atoms with Gasteiger partial charge < -0.3 is 0 Å². The van der Waals surface area contributed by atoms with E-state index in [1.54, 1.807) is 11.3 Å². The van der Waals surface area contributed by atoms with Crippen LogP contribution in [0.5, 0.6) is 0 Å². The van der Waals surface area contributed by atoms with Gasteiger partial charge >= 0.3 is 0 Å². The molecule has 0 spiro atoms. The fourth-order valence-electron chi connectivity index (χ4n) is 2.35. The molecule has 3 N–H and O–H groups in total. The predicted octanol–water partition coefficient (Wildman–Crippen LogP) is 3.95. The first kappa shape index (κ1) is 14.9. The fourth-order valence-corrected chi connectivity index (χ4v) is 5.27. The Labute approximate surface area is 126 Å². The zero-order valence-electron chi connectivity index (χ0n) is 10.5. The summed E-state index contributed by atoms with van der Waals surface area (Å²) in [5.41, 5.74) is 2.97. The van der Waals surface area contributed by atoms with E-state index in [4.69, 9.17) is 5.84 Å². The lowest BCUT2D eigenvalue weighted by molar-refractivity contribution is 0.513. The summed E-state index contributed by atoms with van der Waals surface area (Å²) < 4.78 is 1.18. The number of nitrogens with one attached hydrogen (secondary N) is 1. The van der Waals surface area contributed by atoms with Gasteiger partial charge in [-0.25, -0.2) is 0 Å². The van der Waals surface area contributed by atoms with Gasteiger partial charge in [0.15, 0.2) is 0 Å². The normalized spacial score (nSPS) is 19.0. The summed E-state index contributed by atoms with van der Waals surface area (Å²) in [6.45, 7) is 0. The van der Waals surface area contributed by atoms with Gasteiger partial charge in [-0.05, 0) is 41.3 Å². The van der Waals surface area contributed by atoms with Crippen LogP contribution in [-0.2, 0) is 6.42 Å². The molecule has 1 atom stereocenters. The van der Waals surface area contributed by atoms with E-state index < -0.39 is 0 Å². The van der Waals surface area contributed by atoms with Crippen molar-refractivity contribution < 1.29 is 0 Å². The Bertz CT molecular complexity index is 351. The Hall–Kier alpha value is 0.450. The summed E-state index contributed by atoms with van der Waals surface area (Å²) in [6, 6.07) is 2.59. The number of thiophene rings is 1. The van der Waals surface area contributed by atoms with Crippen LogP contribution in [0.1, 0.15) is 37.0 Å². The van der Waals surface area contributed by atoms with Crippen LogP contribution < -0.4 is 11.3 Å². The van der Waals surface area contributed by atoms with Crippen molar-refractivity contribution in [3.05, 3.63) is 20.8 Å². The number of thioether (sulfide) groups is 1.